The average molecular weight is 401 g/mol. The van der Waals surface area contributed by atoms with Crippen molar-refractivity contribution in [2.24, 2.45) is 0 Å². The molecule has 2 rings (SSSR count). The van der Waals surface area contributed by atoms with E-state index in [0.717, 1.165) is 0 Å². The van der Waals surface area contributed by atoms with Gasteiger partial charge in [-0.25, -0.2) is 0 Å². The number of hydrogen-bond acceptors (Lipinski definition) is 7. The van der Waals surface area contributed by atoms with Gasteiger partial charge in [0.2, 0.25) is 5.91 Å². The van der Waals surface area contributed by atoms with Crippen LogP contribution in [0.15, 0.2) is 36.4 Å². The van der Waals surface area contributed by atoms with Crippen molar-refractivity contribution in [2.45, 2.75) is 12.7 Å². The Bertz CT molecular complexity index is 911. The van der Waals surface area contributed by atoms with Crippen LogP contribution in [0.4, 0.5) is 11.4 Å². The van der Waals surface area contributed by atoms with Crippen LogP contribution in [0.5, 0.6) is 11.5 Å². The Kier molecular flexibility index (Phi) is 7.65. The van der Waals surface area contributed by atoms with Crippen LogP contribution in [0.1, 0.15) is 18.1 Å². The van der Waals surface area contributed by atoms with Crippen LogP contribution in [-0.4, -0.2) is 30.3 Å². The highest BCUT2D eigenvalue weighted by molar-refractivity contribution is 7.99. The number of benzene rings is 2. The van der Waals surface area contributed by atoms with Crippen molar-refractivity contribution in [1.29, 1.82) is 5.26 Å². The Labute approximate surface area is 166 Å². The normalized spacial score (nSPS) is 10.0. The van der Waals surface area contributed by atoms with Gasteiger partial charge in [0, 0.05) is 11.8 Å². The molecule has 146 valence electrons. The molecule has 1 N–H and O–H groups in total. The first-order valence-electron chi connectivity index (χ1n) is 8.34. The first kappa shape index (κ1) is 21.1. The number of carbonyl (C=O) groups excluding carboxylic acids is 1. The summed E-state index contributed by atoms with van der Waals surface area (Å²) in [5, 5.41) is 22.8. The fraction of sp³-hybridized carbons (Fsp3) is 0.263. The van der Waals surface area contributed by atoms with Gasteiger partial charge < -0.3 is 14.8 Å². The van der Waals surface area contributed by atoms with Crippen LogP contribution in [-0.2, 0) is 10.5 Å². The molecule has 1 amide bonds. The zero-order valence-corrected chi connectivity index (χ0v) is 16.2. The molecule has 0 aliphatic rings. The predicted octanol–water partition coefficient (Wildman–Crippen LogP) is 3.75. The van der Waals surface area contributed by atoms with Crippen LogP contribution in [0, 0.1) is 21.4 Å². The molecule has 0 heterocycles. The number of hydrogen-bond donors (Lipinski definition) is 1. The van der Waals surface area contributed by atoms with Gasteiger partial charge >= 0.3 is 5.69 Å². The van der Waals surface area contributed by atoms with Gasteiger partial charge in [-0.3, -0.25) is 14.9 Å². The summed E-state index contributed by atoms with van der Waals surface area (Å²) in [6, 6.07) is 11.5. The second-order valence-corrected chi connectivity index (χ2v) is 6.55. The molecule has 0 aliphatic heterocycles. The summed E-state index contributed by atoms with van der Waals surface area (Å²) >= 11 is 1.32. The molecular weight excluding hydrogens is 382 g/mol. The summed E-state index contributed by atoms with van der Waals surface area (Å²) in [5.74, 6) is 0.990. The van der Waals surface area contributed by atoms with Crippen LogP contribution in [0.25, 0.3) is 0 Å². The van der Waals surface area contributed by atoms with E-state index in [-0.39, 0.29) is 23.1 Å². The highest BCUT2D eigenvalue weighted by atomic mass is 32.2. The third kappa shape index (κ3) is 5.62. The number of rotatable bonds is 9. The van der Waals surface area contributed by atoms with Crippen molar-refractivity contribution in [3.63, 3.8) is 0 Å². The Morgan fingerprint density at radius 1 is 1.29 bits per heavy atom. The molecule has 9 heteroatoms. The van der Waals surface area contributed by atoms with E-state index in [1.165, 1.54) is 31.0 Å². The fourth-order valence-corrected chi connectivity index (χ4v) is 3.17. The molecule has 0 atom stereocenters. The second kappa shape index (κ2) is 10.2. The zero-order chi connectivity index (χ0) is 20.5. The number of ether oxygens (including phenoxy) is 2. The van der Waals surface area contributed by atoms with Gasteiger partial charge in [0.1, 0.15) is 5.75 Å². The van der Waals surface area contributed by atoms with Crippen molar-refractivity contribution in [2.75, 3.05) is 24.8 Å². The molecule has 0 aliphatic carbocycles. The summed E-state index contributed by atoms with van der Waals surface area (Å²) in [7, 11) is 1.37. The summed E-state index contributed by atoms with van der Waals surface area (Å²) < 4.78 is 10.4. The summed E-state index contributed by atoms with van der Waals surface area (Å²) in [4.78, 5) is 22.8. The maximum atomic E-state index is 12.2. The molecule has 0 fully saturated rings. The fourth-order valence-electron chi connectivity index (χ4n) is 2.39. The number of nitriles is 1. The highest BCUT2D eigenvalue weighted by Gasteiger charge is 2.15. The Morgan fingerprint density at radius 2 is 2.04 bits per heavy atom. The van der Waals surface area contributed by atoms with Crippen molar-refractivity contribution in [3.05, 3.63) is 57.6 Å². The number of nitro benzene ring substituents is 1. The lowest BCUT2D eigenvalue weighted by Gasteiger charge is -2.12. The highest BCUT2D eigenvalue weighted by Crippen LogP contribution is 2.29. The Morgan fingerprint density at radius 3 is 2.68 bits per heavy atom. The molecule has 0 radical (unpaired) electrons. The molecule has 28 heavy (non-hydrogen) atoms. The van der Waals surface area contributed by atoms with Gasteiger partial charge in [-0.1, -0.05) is 6.07 Å². The van der Waals surface area contributed by atoms with Gasteiger partial charge in [0.15, 0.2) is 5.75 Å². The van der Waals surface area contributed by atoms with Gasteiger partial charge in [0.05, 0.1) is 41.7 Å². The minimum absolute atomic E-state index is 0.111. The molecule has 0 spiro atoms. The molecule has 2 aromatic carbocycles. The maximum absolute atomic E-state index is 12.2. The number of thioether (sulfide) groups is 1. The minimum atomic E-state index is -0.503. The number of anilines is 1. The number of methoxy groups -OCH3 is 1. The van der Waals surface area contributed by atoms with Crippen LogP contribution < -0.4 is 14.8 Å². The summed E-state index contributed by atoms with van der Waals surface area (Å²) in [5.41, 5.74) is 1.45. The molecular formula is C19H19N3O5S. The molecule has 2 aromatic rings. The van der Waals surface area contributed by atoms with E-state index in [9.17, 15) is 14.9 Å². The van der Waals surface area contributed by atoms with E-state index >= 15 is 0 Å². The van der Waals surface area contributed by atoms with Gasteiger partial charge in [-0.05, 0) is 36.8 Å². The molecule has 0 aromatic heterocycles. The Hall–Kier alpha value is -3.25. The first-order valence-corrected chi connectivity index (χ1v) is 9.49. The third-order valence-electron chi connectivity index (χ3n) is 3.62. The van der Waals surface area contributed by atoms with Gasteiger partial charge in [-0.2, -0.15) is 5.26 Å². The van der Waals surface area contributed by atoms with Crippen molar-refractivity contribution in [1.82, 2.24) is 0 Å². The molecule has 0 unspecified atom stereocenters. The monoisotopic (exact) mass is 401 g/mol. The van der Waals surface area contributed by atoms with E-state index in [1.807, 2.05) is 13.0 Å². The van der Waals surface area contributed by atoms with Gasteiger partial charge in [-0.15, -0.1) is 11.8 Å². The number of carbonyl (C=O) groups is 1. The predicted molar refractivity (Wildman–Crippen MR) is 107 cm³/mol. The Balaban J connectivity index is 1.97. The van der Waals surface area contributed by atoms with Crippen molar-refractivity contribution < 1.29 is 19.2 Å². The van der Waals surface area contributed by atoms with E-state index in [0.29, 0.717) is 34.9 Å². The molecule has 8 nitrogen and oxygen atoms in total. The van der Waals surface area contributed by atoms with Crippen LogP contribution >= 0.6 is 11.8 Å². The largest absolute Gasteiger partial charge is 0.492 e. The van der Waals surface area contributed by atoms with Gasteiger partial charge in [0.25, 0.3) is 0 Å². The topological polar surface area (TPSA) is 114 Å². The smallest absolute Gasteiger partial charge is 0.311 e. The lowest BCUT2D eigenvalue weighted by molar-refractivity contribution is -0.385. The number of nitrogens with one attached hydrogen (secondary N) is 1. The minimum Gasteiger partial charge on any atom is -0.492 e. The lowest BCUT2D eigenvalue weighted by atomic mass is 10.2. The second-order valence-electron chi connectivity index (χ2n) is 5.56. The number of nitrogens with zero attached hydrogens (tertiary/aromatic N) is 2. The molecule has 0 saturated carbocycles. The van der Waals surface area contributed by atoms with E-state index in [4.69, 9.17) is 14.7 Å². The van der Waals surface area contributed by atoms with Crippen molar-refractivity contribution in [3.8, 4) is 17.6 Å². The summed E-state index contributed by atoms with van der Waals surface area (Å²) in [6.07, 6.45) is 0. The molecule has 0 bridgehead atoms. The number of nitro groups is 1. The average Bonchev–Trinajstić information content (AvgIpc) is 2.69. The van der Waals surface area contributed by atoms with E-state index in [2.05, 4.69) is 5.32 Å². The lowest BCUT2D eigenvalue weighted by Crippen LogP contribution is -2.15. The quantitative estimate of drug-likeness (QED) is 0.503. The third-order valence-corrected chi connectivity index (χ3v) is 4.63. The summed E-state index contributed by atoms with van der Waals surface area (Å²) in [6.45, 7) is 2.26. The standard InChI is InChI=1S/C19H19N3O5S/c1-3-27-17-6-4-13(10-20)8-15(17)21-19(23)12-28-11-14-5-7-18(26-2)16(9-14)22(24)25/h4-9H,3,11-12H2,1-2H3,(H,21,23). The van der Waals surface area contributed by atoms with E-state index < -0.39 is 4.92 Å². The molecule has 0 saturated heterocycles. The van der Waals surface area contributed by atoms with Crippen LogP contribution in [0.2, 0.25) is 0 Å². The maximum Gasteiger partial charge on any atom is 0.311 e. The van der Waals surface area contributed by atoms with Crippen LogP contribution in [0.3, 0.4) is 0 Å². The first-order chi connectivity index (χ1) is 13.5. The van der Waals surface area contributed by atoms with Crippen molar-refractivity contribution >= 4 is 29.0 Å². The SMILES string of the molecule is CCOc1ccc(C#N)cc1NC(=O)CSCc1ccc(OC)c([N+](=O)[O-])c1. The zero-order valence-electron chi connectivity index (χ0n) is 15.4. The van der Waals surface area contributed by atoms with E-state index in [1.54, 1.807) is 24.3 Å². The number of amides is 1.